The van der Waals surface area contributed by atoms with Crippen molar-refractivity contribution in [2.75, 3.05) is 0 Å². The average molecular weight is 115 g/mol. The lowest BCUT2D eigenvalue weighted by molar-refractivity contribution is -0.0519. The van der Waals surface area contributed by atoms with Gasteiger partial charge in [0.2, 0.25) is 0 Å². The maximum atomic E-state index is 5.01. The zero-order valence-corrected chi connectivity index (χ0v) is 5.69. The minimum Gasteiger partial charge on any atom is -0.274 e. The van der Waals surface area contributed by atoms with Crippen LogP contribution in [0, 0.1) is 0 Å². The lowest BCUT2D eigenvalue weighted by Gasteiger charge is -2.17. The molecule has 0 aliphatic carbocycles. The van der Waals surface area contributed by atoms with Gasteiger partial charge in [-0.05, 0) is 20.8 Å². The zero-order valence-electron chi connectivity index (χ0n) is 5.69. The van der Waals surface area contributed by atoms with Crippen LogP contribution in [0.4, 0.5) is 0 Å². The predicted molar refractivity (Wildman–Crippen MR) is 34.2 cm³/mol. The number of rotatable bonds is 2. The summed E-state index contributed by atoms with van der Waals surface area (Å²) in [4.78, 5) is 5.01. The quantitative estimate of drug-likeness (QED) is 0.550. The molecule has 0 aromatic heterocycles. The van der Waals surface area contributed by atoms with Gasteiger partial charge in [-0.3, -0.25) is 10.3 Å². The van der Waals surface area contributed by atoms with E-state index in [4.69, 9.17) is 4.84 Å². The van der Waals surface area contributed by atoms with Crippen LogP contribution in [0.15, 0.2) is 12.8 Å². The average Bonchev–Trinajstić information content (AvgIpc) is 1.59. The van der Waals surface area contributed by atoms with Crippen molar-refractivity contribution in [3.8, 4) is 0 Å². The van der Waals surface area contributed by atoms with Gasteiger partial charge in [0.15, 0.2) is 0 Å². The van der Waals surface area contributed by atoms with Gasteiger partial charge in [0.25, 0.3) is 0 Å². The van der Waals surface area contributed by atoms with Crippen LogP contribution >= 0.6 is 0 Å². The summed E-state index contributed by atoms with van der Waals surface area (Å²) in [6, 6.07) is 0. The third kappa shape index (κ3) is 5.50. The van der Waals surface area contributed by atoms with Crippen molar-refractivity contribution in [2.45, 2.75) is 26.4 Å². The lowest BCUT2D eigenvalue weighted by Crippen LogP contribution is -2.25. The molecule has 0 aromatic rings. The summed E-state index contributed by atoms with van der Waals surface area (Å²) in [6.45, 7) is 9.31. The van der Waals surface area contributed by atoms with E-state index < -0.39 is 0 Å². The smallest absolute Gasteiger partial charge is 0.0876 e. The molecule has 0 aliphatic rings. The van der Waals surface area contributed by atoms with Crippen molar-refractivity contribution in [2.24, 2.45) is 0 Å². The van der Waals surface area contributed by atoms with Crippen molar-refractivity contribution >= 4 is 0 Å². The third-order valence-electron chi connectivity index (χ3n) is 0.448. The highest BCUT2D eigenvalue weighted by Gasteiger charge is 2.07. The second-order valence-electron chi connectivity index (χ2n) is 2.54. The van der Waals surface area contributed by atoms with Crippen LogP contribution in [-0.4, -0.2) is 5.60 Å². The Balaban J connectivity index is 3.24. The molecule has 0 heterocycles. The molecule has 2 nitrogen and oxygen atoms in total. The molecule has 2 heteroatoms. The predicted octanol–water partition coefficient (Wildman–Crippen LogP) is 1.45. The molecule has 8 heavy (non-hydrogen) atoms. The van der Waals surface area contributed by atoms with Gasteiger partial charge in [0.1, 0.15) is 0 Å². The molecule has 0 spiro atoms. The van der Waals surface area contributed by atoms with Crippen molar-refractivity contribution in [1.82, 2.24) is 5.48 Å². The summed E-state index contributed by atoms with van der Waals surface area (Å²) >= 11 is 0. The Kier molecular flexibility index (Phi) is 2.55. The van der Waals surface area contributed by atoms with E-state index in [9.17, 15) is 0 Å². The minimum atomic E-state index is -0.131. The van der Waals surface area contributed by atoms with E-state index in [1.807, 2.05) is 20.8 Å². The summed E-state index contributed by atoms with van der Waals surface area (Å²) in [5.41, 5.74) is 2.42. The van der Waals surface area contributed by atoms with Crippen molar-refractivity contribution < 1.29 is 4.84 Å². The molecule has 0 atom stereocenters. The molecule has 0 aliphatic heterocycles. The first-order valence-corrected chi connectivity index (χ1v) is 2.61. The molecule has 0 saturated heterocycles. The van der Waals surface area contributed by atoms with Crippen LogP contribution in [0.2, 0.25) is 0 Å². The van der Waals surface area contributed by atoms with Crippen LogP contribution in [0.1, 0.15) is 20.8 Å². The highest BCUT2D eigenvalue weighted by atomic mass is 16.7. The molecular weight excluding hydrogens is 102 g/mol. The van der Waals surface area contributed by atoms with Crippen LogP contribution in [0.25, 0.3) is 0 Å². The van der Waals surface area contributed by atoms with E-state index >= 15 is 0 Å². The first-order valence-electron chi connectivity index (χ1n) is 2.61. The molecule has 0 saturated carbocycles. The Morgan fingerprint density at radius 1 is 1.50 bits per heavy atom. The van der Waals surface area contributed by atoms with Crippen LogP contribution in [0.5, 0.6) is 0 Å². The van der Waals surface area contributed by atoms with E-state index in [2.05, 4.69) is 12.1 Å². The second-order valence-corrected chi connectivity index (χ2v) is 2.54. The van der Waals surface area contributed by atoms with Gasteiger partial charge in [-0.2, -0.15) is 0 Å². The van der Waals surface area contributed by atoms with Crippen LogP contribution in [0.3, 0.4) is 0 Å². The number of hydrogen-bond donors (Lipinski definition) is 1. The lowest BCUT2D eigenvalue weighted by atomic mass is 10.2. The van der Waals surface area contributed by atoms with E-state index in [1.54, 1.807) is 0 Å². The summed E-state index contributed by atoms with van der Waals surface area (Å²) < 4.78 is 0. The van der Waals surface area contributed by atoms with E-state index in [1.165, 1.54) is 6.20 Å². The van der Waals surface area contributed by atoms with Gasteiger partial charge in [0.05, 0.1) is 5.60 Å². The maximum Gasteiger partial charge on any atom is 0.0876 e. The summed E-state index contributed by atoms with van der Waals surface area (Å²) in [6.07, 6.45) is 1.51. The highest BCUT2D eigenvalue weighted by Crippen LogP contribution is 2.02. The van der Waals surface area contributed by atoms with E-state index in [-0.39, 0.29) is 5.60 Å². The monoisotopic (exact) mass is 115 g/mol. The Morgan fingerprint density at radius 2 is 2.00 bits per heavy atom. The largest absolute Gasteiger partial charge is 0.274 e. The van der Waals surface area contributed by atoms with Gasteiger partial charge in [-0.15, -0.1) is 0 Å². The van der Waals surface area contributed by atoms with Gasteiger partial charge < -0.3 is 0 Å². The molecule has 0 radical (unpaired) electrons. The fourth-order valence-electron chi connectivity index (χ4n) is 0.218. The first-order chi connectivity index (χ1) is 3.56. The third-order valence-corrected chi connectivity index (χ3v) is 0.448. The summed E-state index contributed by atoms with van der Waals surface area (Å²) in [5, 5.41) is 0. The minimum absolute atomic E-state index is 0.131. The fourth-order valence-corrected chi connectivity index (χ4v) is 0.218. The van der Waals surface area contributed by atoms with Crippen molar-refractivity contribution in [1.29, 1.82) is 0 Å². The zero-order chi connectivity index (χ0) is 6.62. The molecule has 0 amide bonds. The summed E-state index contributed by atoms with van der Waals surface area (Å²) in [5.74, 6) is 0. The molecular formula is C6H13NO. The van der Waals surface area contributed by atoms with Crippen molar-refractivity contribution in [3.05, 3.63) is 12.8 Å². The van der Waals surface area contributed by atoms with Gasteiger partial charge in [-0.1, -0.05) is 6.58 Å². The fraction of sp³-hybridized carbons (Fsp3) is 0.667. The second kappa shape index (κ2) is 2.72. The van der Waals surface area contributed by atoms with E-state index in [0.717, 1.165) is 0 Å². The molecule has 0 unspecified atom stereocenters. The molecule has 0 rings (SSSR count). The van der Waals surface area contributed by atoms with Crippen LogP contribution < -0.4 is 5.48 Å². The topological polar surface area (TPSA) is 21.3 Å². The van der Waals surface area contributed by atoms with Gasteiger partial charge in [0, 0.05) is 6.20 Å². The highest BCUT2D eigenvalue weighted by molar-refractivity contribution is 4.60. The first kappa shape index (κ1) is 7.50. The van der Waals surface area contributed by atoms with Crippen molar-refractivity contribution in [3.63, 3.8) is 0 Å². The molecule has 48 valence electrons. The standard InChI is InChI=1S/C6H13NO/c1-5-7-8-6(2,3)4/h5,7H,1H2,2-4H3. The van der Waals surface area contributed by atoms with Crippen LogP contribution in [-0.2, 0) is 4.84 Å². The molecule has 1 N–H and O–H groups in total. The molecule has 0 aromatic carbocycles. The Bertz CT molecular complexity index is 73.1. The number of hydroxylamine groups is 1. The number of hydrogen-bond acceptors (Lipinski definition) is 2. The molecule has 0 fully saturated rings. The Morgan fingerprint density at radius 3 is 2.12 bits per heavy atom. The van der Waals surface area contributed by atoms with E-state index in [0.29, 0.717) is 0 Å². The normalized spacial score (nSPS) is 10.9. The van der Waals surface area contributed by atoms with Gasteiger partial charge >= 0.3 is 0 Å². The molecule has 0 bridgehead atoms. The SMILES string of the molecule is C=CNOC(C)(C)C. The van der Waals surface area contributed by atoms with Gasteiger partial charge in [-0.25, -0.2) is 0 Å². The summed E-state index contributed by atoms with van der Waals surface area (Å²) in [7, 11) is 0. The Labute approximate surface area is 50.5 Å². The maximum absolute atomic E-state index is 5.01. The Hall–Kier alpha value is -0.500. The number of nitrogens with one attached hydrogen (secondary N) is 1.